The monoisotopic (exact) mass is 219 g/mol. The zero-order valence-electron chi connectivity index (χ0n) is 8.67. The Morgan fingerprint density at radius 3 is 2.71 bits per heavy atom. The van der Waals surface area contributed by atoms with Crippen LogP contribution in [0.4, 0.5) is 4.79 Å². The third kappa shape index (κ3) is 4.82. The Hall–Kier alpha value is -0.280. The molecular formula is C10H18ClNO2. The van der Waals surface area contributed by atoms with Crippen molar-refractivity contribution in [1.29, 1.82) is 0 Å². The Labute approximate surface area is 90.4 Å². The second kappa shape index (κ2) is 6.25. The molecule has 0 unspecified atom stereocenters. The van der Waals surface area contributed by atoms with Gasteiger partial charge in [0.15, 0.2) is 0 Å². The first-order valence-electron chi connectivity index (χ1n) is 5.23. The molecule has 1 saturated heterocycles. The predicted molar refractivity (Wildman–Crippen MR) is 56.7 cm³/mol. The number of carbonyl (C=O) groups excluding carboxylic acids is 1. The van der Waals surface area contributed by atoms with E-state index in [4.69, 9.17) is 11.6 Å². The smallest absolute Gasteiger partial charge is 0.403 e. The van der Waals surface area contributed by atoms with Crippen LogP contribution in [0.5, 0.6) is 0 Å². The fourth-order valence-corrected chi connectivity index (χ4v) is 1.80. The standard InChI is InChI=1S/C10H18ClNO2/c1-9-3-6-12(7-4-9)5-2-8-14-10(11)13/h9H,2-8H2,1H3. The summed E-state index contributed by atoms with van der Waals surface area (Å²) in [5.74, 6) is 0.868. The Morgan fingerprint density at radius 1 is 1.50 bits per heavy atom. The van der Waals surface area contributed by atoms with Crippen LogP contribution < -0.4 is 0 Å². The van der Waals surface area contributed by atoms with Gasteiger partial charge >= 0.3 is 5.43 Å². The molecule has 0 aliphatic carbocycles. The minimum atomic E-state index is -0.697. The van der Waals surface area contributed by atoms with E-state index in [-0.39, 0.29) is 0 Å². The summed E-state index contributed by atoms with van der Waals surface area (Å²) in [5.41, 5.74) is -0.697. The molecule has 0 N–H and O–H groups in total. The van der Waals surface area contributed by atoms with Crippen LogP contribution in [0.15, 0.2) is 0 Å². The van der Waals surface area contributed by atoms with E-state index in [9.17, 15) is 4.79 Å². The molecule has 0 radical (unpaired) electrons. The number of halogens is 1. The highest BCUT2D eigenvalue weighted by molar-refractivity contribution is 6.61. The van der Waals surface area contributed by atoms with Crippen LogP contribution >= 0.6 is 11.6 Å². The highest BCUT2D eigenvalue weighted by Crippen LogP contribution is 2.15. The molecule has 14 heavy (non-hydrogen) atoms. The number of hydrogen-bond donors (Lipinski definition) is 0. The maximum atomic E-state index is 10.3. The molecule has 4 heteroatoms. The van der Waals surface area contributed by atoms with Gasteiger partial charge in [0.05, 0.1) is 6.61 Å². The van der Waals surface area contributed by atoms with Crippen molar-refractivity contribution in [1.82, 2.24) is 4.90 Å². The first-order chi connectivity index (χ1) is 6.68. The summed E-state index contributed by atoms with van der Waals surface area (Å²) in [5, 5.41) is 0. The highest BCUT2D eigenvalue weighted by Gasteiger charge is 2.14. The molecule has 0 spiro atoms. The van der Waals surface area contributed by atoms with Crippen molar-refractivity contribution < 1.29 is 9.53 Å². The van der Waals surface area contributed by atoms with Crippen LogP contribution in [0, 0.1) is 5.92 Å². The molecule has 0 atom stereocenters. The molecule has 1 aliphatic heterocycles. The van der Waals surface area contributed by atoms with Crippen molar-refractivity contribution in [3.05, 3.63) is 0 Å². The molecule has 0 bridgehead atoms. The van der Waals surface area contributed by atoms with Crippen molar-refractivity contribution in [3.63, 3.8) is 0 Å². The van der Waals surface area contributed by atoms with Gasteiger partial charge in [0, 0.05) is 18.1 Å². The average molecular weight is 220 g/mol. The Kier molecular flexibility index (Phi) is 5.26. The number of nitrogens with zero attached hydrogens (tertiary/aromatic N) is 1. The molecule has 0 amide bonds. The zero-order valence-corrected chi connectivity index (χ0v) is 9.42. The third-order valence-electron chi connectivity index (χ3n) is 2.71. The summed E-state index contributed by atoms with van der Waals surface area (Å²) in [7, 11) is 0. The predicted octanol–water partition coefficient (Wildman–Crippen LogP) is 2.48. The molecule has 0 aromatic carbocycles. The first kappa shape index (κ1) is 11.8. The van der Waals surface area contributed by atoms with E-state index in [1.54, 1.807) is 0 Å². The molecule has 1 aliphatic rings. The topological polar surface area (TPSA) is 29.5 Å². The van der Waals surface area contributed by atoms with E-state index < -0.39 is 5.43 Å². The third-order valence-corrected chi connectivity index (χ3v) is 2.82. The Morgan fingerprint density at radius 2 is 2.14 bits per heavy atom. The molecule has 82 valence electrons. The molecule has 3 nitrogen and oxygen atoms in total. The van der Waals surface area contributed by atoms with E-state index >= 15 is 0 Å². The lowest BCUT2D eigenvalue weighted by atomic mass is 9.99. The van der Waals surface area contributed by atoms with E-state index in [1.807, 2.05) is 0 Å². The number of rotatable bonds is 4. The maximum Gasteiger partial charge on any atom is 0.403 e. The second-order valence-electron chi connectivity index (χ2n) is 3.96. The number of hydrogen-bond acceptors (Lipinski definition) is 3. The van der Waals surface area contributed by atoms with Crippen molar-refractivity contribution in [2.45, 2.75) is 26.2 Å². The SMILES string of the molecule is CC1CCN(CCCOC(=O)Cl)CC1. The molecule has 1 heterocycles. The number of carbonyl (C=O) groups is 1. The number of ether oxygens (including phenoxy) is 1. The van der Waals surface area contributed by atoms with Gasteiger partial charge in [-0.1, -0.05) is 6.92 Å². The van der Waals surface area contributed by atoms with Crippen LogP contribution in [0.3, 0.4) is 0 Å². The number of piperidine rings is 1. The summed E-state index contributed by atoms with van der Waals surface area (Å²) >= 11 is 5.04. The van der Waals surface area contributed by atoms with Gasteiger partial charge in [0.1, 0.15) is 0 Å². The van der Waals surface area contributed by atoms with Crippen LogP contribution in [-0.4, -0.2) is 36.6 Å². The van der Waals surface area contributed by atoms with Gasteiger partial charge < -0.3 is 9.64 Å². The van der Waals surface area contributed by atoms with Gasteiger partial charge in [-0.15, -0.1) is 0 Å². The summed E-state index contributed by atoms with van der Waals surface area (Å²) in [6.07, 6.45) is 3.46. The average Bonchev–Trinajstić information content (AvgIpc) is 2.15. The lowest BCUT2D eigenvalue weighted by Crippen LogP contribution is -2.34. The normalized spacial score (nSPS) is 19.6. The van der Waals surface area contributed by atoms with E-state index in [0.717, 1.165) is 18.9 Å². The van der Waals surface area contributed by atoms with Crippen molar-refractivity contribution in [2.24, 2.45) is 5.92 Å². The molecule has 0 aromatic heterocycles. The van der Waals surface area contributed by atoms with Crippen molar-refractivity contribution >= 4 is 17.0 Å². The van der Waals surface area contributed by atoms with E-state index in [1.165, 1.54) is 25.9 Å². The summed E-state index contributed by atoms with van der Waals surface area (Å²) in [4.78, 5) is 12.7. The van der Waals surface area contributed by atoms with Gasteiger partial charge in [-0.3, -0.25) is 0 Å². The highest BCUT2D eigenvalue weighted by atomic mass is 35.5. The van der Waals surface area contributed by atoms with Crippen LogP contribution in [0.1, 0.15) is 26.2 Å². The van der Waals surface area contributed by atoms with E-state index in [0.29, 0.717) is 6.61 Å². The molecule has 0 saturated carbocycles. The summed E-state index contributed by atoms with van der Waals surface area (Å²) in [6.45, 7) is 6.10. The quantitative estimate of drug-likeness (QED) is 0.538. The molecule has 1 fully saturated rings. The number of likely N-dealkylation sites (tertiary alicyclic amines) is 1. The second-order valence-corrected chi connectivity index (χ2v) is 4.27. The minimum Gasteiger partial charge on any atom is -0.454 e. The van der Waals surface area contributed by atoms with Gasteiger partial charge in [0.25, 0.3) is 0 Å². The van der Waals surface area contributed by atoms with Gasteiger partial charge in [-0.2, -0.15) is 0 Å². The Balaban J connectivity index is 1.99. The molecule has 0 aromatic rings. The van der Waals surface area contributed by atoms with Crippen molar-refractivity contribution in [2.75, 3.05) is 26.2 Å². The fourth-order valence-electron chi connectivity index (χ4n) is 1.73. The van der Waals surface area contributed by atoms with Crippen LogP contribution in [0.25, 0.3) is 0 Å². The van der Waals surface area contributed by atoms with Crippen LogP contribution in [-0.2, 0) is 4.74 Å². The Bertz CT molecular complexity index is 179. The zero-order chi connectivity index (χ0) is 10.4. The largest absolute Gasteiger partial charge is 0.454 e. The van der Waals surface area contributed by atoms with E-state index in [2.05, 4.69) is 16.6 Å². The first-order valence-corrected chi connectivity index (χ1v) is 5.61. The fraction of sp³-hybridized carbons (Fsp3) is 0.900. The van der Waals surface area contributed by atoms with Gasteiger partial charge in [-0.25, -0.2) is 4.79 Å². The summed E-state index contributed by atoms with van der Waals surface area (Å²) < 4.78 is 4.65. The summed E-state index contributed by atoms with van der Waals surface area (Å²) in [6, 6.07) is 0. The molecule has 1 rings (SSSR count). The maximum absolute atomic E-state index is 10.3. The van der Waals surface area contributed by atoms with Crippen LogP contribution in [0.2, 0.25) is 0 Å². The lowest BCUT2D eigenvalue weighted by Gasteiger charge is -2.29. The lowest BCUT2D eigenvalue weighted by molar-refractivity contribution is 0.150. The minimum absolute atomic E-state index is 0.439. The molecular weight excluding hydrogens is 202 g/mol. The van der Waals surface area contributed by atoms with Gasteiger partial charge in [-0.05, 0) is 38.3 Å². The van der Waals surface area contributed by atoms with Gasteiger partial charge in [0.2, 0.25) is 0 Å². The van der Waals surface area contributed by atoms with Crippen molar-refractivity contribution in [3.8, 4) is 0 Å².